The molecule has 0 bridgehead atoms. The molecule has 0 radical (unpaired) electrons. The Morgan fingerprint density at radius 3 is 2.83 bits per heavy atom. The van der Waals surface area contributed by atoms with Gasteiger partial charge in [0.1, 0.15) is 18.5 Å². The van der Waals surface area contributed by atoms with Gasteiger partial charge in [-0.15, -0.1) is 0 Å². The summed E-state index contributed by atoms with van der Waals surface area (Å²) in [6, 6.07) is 7.53. The first kappa shape index (κ1) is 15.8. The van der Waals surface area contributed by atoms with E-state index < -0.39 is 0 Å². The molecule has 1 aromatic carbocycles. The van der Waals surface area contributed by atoms with E-state index in [4.69, 9.17) is 18.9 Å². The van der Waals surface area contributed by atoms with Crippen molar-refractivity contribution in [1.29, 1.82) is 0 Å². The van der Waals surface area contributed by atoms with Gasteiger partial charge in [0.25, 0.3) is 0 Å². The van der Waals surface area contributed by atoms with E-state index >= 15 is 0 Å². The Bertz CT molecular complexity index is 638. The van der Waals surface area contributed by atoms with E-state index in [-0.39, 0.29) is 6.10 Å². The number of para-hydroxylation sites is 2. The predicted octanol–water partition coefficient (Wildman–Crippen LogP) is 1.59. The average molecular weight is 319 g/mol. The van der Waals surface area contributed by atoms with Crippen LogP contribution >= 0.6 is 0 Å². The molecule has 1 atom stereocenters. The summed E-state index contributed by atoms with van der Waals surface area (Å²) >= 11 is 0. The van der Waals surface area contributed by atoms with Crippen LogP contribution in [-0.4, -0.2) is 47.8 Å². The Labute approximate surface area is 135 Å². The van der Waals surface area contributed by atoms with Gasteiger partial charge in [0, 0.05) is 0 Å². The van der Waals surface area contributed by atoms with Gasteiger partial charge in [0.05, 0.1) is 33.5 Å². The molecule has 2 heterocycles. The largest absolute Gasteiger partial charge is 0.493 e. The number of hydrogen-bond donors (Lipinski definition) is 0. The van der Waals surface area contributed by atoms with Gasteiger partial charge in [-0.25, -0.2) is 9.67 Å². The minimum absolute atomic E-state index is 0.00476. The molecule has 2 aromatic rings. The van der Waals surface area contributed by atoms with Crippen LogP contribution < -0.4 is 9.47 Å². The molecule has 0 aliphatic carbocycles. The highest BCUT2D eigenvalue weighted by Gasteiger charge is 2.18. The zero-order chi connectivity index (χ0) is 16.1. The summed E-state index contributed by atoms with van der Waals surface area (Å²) in [5.74, 6) is 2.83. The molecule has 0 amide bonds. The van der Waals surface area contributed by atoms with Crippen LogP contribution in [-0.2, 0) is 22.6 Å². The molecule has 3 rings (SSSR count). The van der Waals surface area contributed by atoms with Crippen molar-refractivity contribution in [2.24, 2.45) is 0 Å². The van der Waals surface area contributed by atoms with Crippen LogP contribution in [0.1, 0.15) is 11.6 Å². The maximum Gasteiger partial charge on any atom is 0.165 e. The molecule has 23 heavy (non-hydrogen) atoms. The third kappa shape index (κ3) is 4.00. The van der Waals surface area contributed by atoms with Gasteiger partial charge in [0.15, 0.2) is 17.3 Å². The molecule has 1 saturated heterocycles. The fourth-order valence-electron chi connectivity index (χ4n) is 2.47. The highest BCUT2D eigenvalue weighted by atomic mass is 16.6. The SMILES string of the molecule is COc1ccccc1OCc1nc(C)nn1C[C@@H]1COCCO1. The Hall–Kier alpha value is -2.12. The Balaban J connectivity index is 1.67. The van der Waals surface area contributed by atoms with Crippen LogP contribution in [0.4, 0.5) is 0 Å². The number of aromatic nitrogens is 3. The fraction of sp³-hybridized carbons (Fsp3) is 0.500. The monoisotopic (exact) mass is 319 g/mol. The van der Waals surface area contributed by atoms with Gasteiger partial charge < -0.3 is 18.9 Å². The first-order valence-electron chi connectivity index (χ1n) is 7.61. The van der Waals surface area contributed by atoms with E-state index in [1.165, 1.54) is 0 Å². The molecular formula is C16H21N3O4. The lowest BCUT2D eigenvalue weighted by molar-refractivity contribution is -0.0950. The zero-order valence-electron chi connectivity index (χ0n) is 13.4. The summed E-state index contributed by atoms with van der Waals surface area (Å²) in [6.07, 6.45) is -0.00476. The highest BCUT2D eigenvalue weighted by Crippen LogP contribution is 2.26. The molecule has 124 valence electrons. The van der Waals surface area contributed by atoms with Crippen molar-refractivity contribution in [2.75, 3.05) is 26.9 Å². The van der Waals surface area contributed by atoms with Crippen molar-refractivity contribution >= 4 is 0 Å². The van der Waals surface area contributed by atoms with Crippen molar-refractivity contribution < 1.29 is 18.9 Å². The molecule has 0 N–H and O–H groups in total. The van der Waals surface area contributed by atoms with Crippen molar-refractivity contribution in [3.8, 4) is 11.5 Å². The topological polar surface area (TPSA) is 67.6 Å². The lowest BCUT2D eigenvalue weighted by Crippen LogP contribution is -2.33. The van der Waals surface area contributed by atoms with Crippen LogP contribution in [0.15, 0.2) is 24.3 Å². The van der Waals surface area contributed by atoms with E-state index in [9.17, 15) is 0 Å². The second-order valence-corrected chi connectivity index (χ2v) is 5.26. The second kappa shape index (κ2) is 7.43. The molecule has 7 nitrogen and oxygen atoms in total. The molecule has 1 fully saturated rings. The van der Waals surface area contributed by atoms with Gasteiger partial charge in [-0.1, -0.05) is 12.1 Å². The van der Waals surface area contributed by atoms with Crippen molar-refractivity contribution in [1.82, 2.24) is 14.8 Å². The first-order chi connectivity index (χ1) is 11.3. The van der Waals surface area contributed by atoms with Gasteiger partial charge in [0.2, 0.25) is 0 Å². The fourth-order valence-corrected chi connectivity index (χ4v) is 2.47. The van der Waals surface area contributed by atoms with Crippen molar-refractivity contribution in [3.05, 3.63) is 35.9 Å². The van der Waals surface area contributed by atoms with E-state index in [1.807, 2.05) is 35.9 Å². The smallest absolute Gasteiger partial charge is 0.165 e. The average Bonchev–Trinajstić information content (AvgIpc) is 2.93. The summed E-state index contributed by atoms with van der Waals surface area (Å²) in [6.45, 7) is 4.62. The molecule has 0 saturated carbocycles. The van der Waals surface area contributed by atoms with Crippen LogP contribution in [0.3, 0.4) is 0 Å². The quantitative estimate of drug-likeness (QED) is 0.805. The molecule has 1 aliphatic heterocycles. The third-order valence-corrected chi connectivity index (χ3v) is 3.54. The first-order valence-corrected chi connectivity index (χ1v) is 7.61. The number of rotatable bonds is 6. The lowest BCUT2D eigenvalue weighted by atomic mass is 10.3. The predicted molar refractivity (Wildman–Crippen MR) is 82.6 cm³/mol. The molecule has 7 heteroatoms. The summed E-state index contributed by atoms with van der Waals surface area (Å²) < 4.78 is 24.0. The number of ether oxygens (including phenoxy) is 4. The summed E-state index contributed by atoms with van der Waals surface area (Å²) in [5, 5.41) is 4.42. The van der Waals surface area contributed by atoms with Gasteiger partial charge in [-0.2, -0.15) is 5.10 Å². The number of nitrogens with zero attached hydrogens (tertiary/aromatic N) is 3. The minimum atomic E-state index is -0.00476. The maximum atomic E-state index is 5.84. The Morgan fingerprint density at radius 1 is 1.26 bits per heavy atom. The standard InChI is InChI=1S/C16H21N3O4/c1-12-17-16(11-23-15-6-4-3-5-14(15)20-2)19(18-12)9-13-10-21-7-8-22-13/h3-6,13H,7-11H2,1-2H3/t13-/m1/s1. The van der Waals surface area contributed by atoms with E-state index in [1.54, 1.807) is 7.11 Å². The number of aryl methyl sites for hydroxylation is 1. The summed E-state index contributed by atoms with van der Waals surface area (Å²) in [4.78, 5) is 4.44. The Kier molecular flexibility index (Phi) is 5.09. The Morgan fingerprint density at radius 2 is 2.09 bits per heavy atom. The van der Waals surface area contributed by atoms with Crippen molar-refractivity contribution in [3.63, 3.8) is 0 Å². The molecule has 0 spiro atoms. The number of benzene rings is 1. The molecular weight excluding hydrogens is 298 g/mol. The highest BCUT2D eigenvalue weighted by molar-refractivity contribution is 5.39. The minimum Gasteiger partial charge on any atom is -0.493 e. The van der Waals surface area contributed by atoms with E-state index in [0.717, 1.165) is 5.82 Å². The summed E-state index contributed by atoms with van der Waals surface area (Å²) in [5.41, 5.74) is 0. The second-order valence-electron chi connectivity index (χ2n) is 5.26. The summed E-state index contributed by atoms with van der Waals surface area (Å²) in [7, 11) is 1.62. The van der Waals surface area contributed by atoms with Crippen LogP contribution in [0, 0.1) is 6.92 Å². The van der Waals surface area contributed by atoms with E-state index in [0.29, 0.717) is 50.3 Å². The van der Waals surface area contributed by atoms with Gasteiger partial charge in [-0.3, -0.25) is 0 Å². The zero-order valence-corrected chi connectivity index (χ0v) is 13.4. The van der Waals surface area contributed by atoms with E-state index in [2.05, 4.69) is 10.1 Å². The van der Waals surface area contributed by atoms with Gasteiger partial charge >= 0.3 is 0 Å². The van der Waals surface area contributed by atoms with Crippen LogP contribution in [0.2, 0.25) is 0 Å². The molecule has 0 unspecified atom stereocenters. The number of hydrogen-bond acceptors (Lipinski definition) is 6. The van der Waals surface area contributed by atoms with Crippen molar-refractivity contribution in [2.45, 2.75) is 26.2 Å². The molecule has 1 aromatic heterocycles. The normalized spacial score (nSPS) is 17.9. The lowest BCUT2D eigenvalue weighted by Gasteiger charge is -2.23. The van der Waals surface area contributed by atoms with Crippen LogP contribution in [0.5, 0.6) is 11.5 Å². The molecule has 1 aliphatic rings. The van der Waals surface area contributed by atoms with Crippen LogP contribution in [0.25, 0.3) is 0 Å². The maximum absolute atomic E-state index is 5.84. The third-order valence-electron chi connectivity index (χ3n) is 3.54. The van der Waals surface area contributed by atoms with Gasteiger partial charge in [-0.05, 0) is 19.1 Å². The number of methoxy groups -OCH3 is 1.